The monoisotopic (exact) mass is 316 g/mol. The quantitative estimate of drug-likeness (QED) is 0.933. The summed E-state index contributed by atoms with van der Waals surface area (Å²) in [6.45, 7) is 6.60. The Labute approximate surface area is 133 Å². The van der Waals surface area contributed by atoms with E-state index in [1.165, 1.54) is 0 Å². The average Bonchev–Trinajstić information content (AvgIpc) is 3.09. The zero-order chi connectivity index (χ0) is 16.7. The van der Waals surface area contributed by atoms with Crippen molar-refractivity contribution in [2.24, 2.45) is 11.8 Å². The Morgan fingerprint density at radius 3 is 2.65 bits per heavy atom. The van der Waals surface area contributed by atoms with Crippen molar-refractivity contribution >= 4 is 22.9 Å². The molecule has 7 heteroatoms. The highest BCUT2D eigenvalue weighted by Crippen LogP contribution is 2.25. The fraction of sp³-hybridized carbons (Fsp3) is 0.500. The van der Waals surface area contributed by atoms with Crippen LogP contribution in [-0.2, 0) is 4.79 Å². The topological polar surface area (TPSA) is 88.3 Å². The van der Waals surface area contributed by atoms with Crippen molar-refractivity contribution in [2.75, 3.05) is 13.1 Å². The molecule has 0 saturated carbocycles. The number of pyridine rings is 1. The molecule has 1 aliphatic heterocycles. The van der Waals surface area contributed by atoms with Crippen molar-refractivity contribution in [3.05, 3.63) is 24.0 Å². The van der Waals surface area contributed by atoms with Crippen LogP contribution in [0.4, 0.5) is 0 Å². The lowest BCUT2D eigenvalue weighted by molar-refractivity contribution is -0.142. The third-order valence-electron chi connectivity index (χ3n) is 4.39. The van der Waals surface area contributed by atoms with Gasteiger partial charge in [-0.25, -0.2) is 9.67 Å². The van der Waals surface area contributed by atoms with Gasteiger partial charge in [-0.15, -0.1) is 0 Å². The number of hydrogen-bond acceptors (Lipinski definition) is 4. The molecule has 122 valence electrons. The maximum Gasteiger partial charge on any atom is 0.308 e. The summed E-state index contributed by atoms with van der Waals surface area (Å²) < 4.78 is 1.81. The number of aliphatic carboxylic acids is 1. The van der Waals surface area contributed by atoms with Gasteiger partial charge >= 0.3 is 5.97 Å². The fourth-order valence-electron chi connectivity index (χ4n) is 3.07. The van der Waals surface area contributed by atoms with Crippen LogP contribution in [0.25, 0.3) is 11.0 Å². The number of carbonyl (C=O) groups is 2. The third-order valence-corrected chi connectivity index (χ3v) is 4.39. The Balaban J connectivity index is 1.86. The number of nitrogens with zero attached hydrogens (tertiary/aromatic N) is 4. The molecule has 0 bridgehead atoms. The van der Waals surface area contributed by atoms with E-state index < -0.39 is 11.9 Å². The standard InChI is InChI=1S/C16H20N4O3/c1-9(2)20-14-11(6-18-20)4-12(5-17-14)15(21)19-7-10(3)13(8-19)16(22)23/h4-6,9-10,13H,7-8H2,1-3H3,(H,22,23)/t10-,13-/m1/s1. The molecule has 1 amide bonds. The van der Waals surface area contributed by atoms with E-state index in [9.17, 15) is 14.7 Å². The summed E-state index contributed by atoms with van der Waals surface area (Å²) in [5, 5.41) is 14.3. The molecule has 0 aliphatic carbocycles. The highest BCUT2D eigenvalue weighted by molar-refractivity contribution is 5.97. The zero-order valence-electron chi connectivity index (χ0n) is 13.4. The molecule has 23 heavy (non-hydrogen) atoms. The second-order valence-electron chi connectivity index (χ2n) is 6.45. The largest absolute Gasteiger partial charge is 0.481 e. The van der Waals surface area contributed by atoms with Crippen molar-refractivity contribution in [2.45, 2.75) is 26.8 Å². The van der Waals surface area contributed by atoms with Gasteiger partial charge in [-0.2, -0.15) is 5.10 Å². The third kappa shape index (κ3) is 2.67. The summed E-state index contributed by atoms with van der Waals surface area (Å²) in [5.41, 5.74) is 1.22. The minimum absolute atomic E-state index is 0.0446. The number of hydrogen-bond donors (Lipinski definition) is 1. The lowest BCUT2D eigenvalue weighted by Gasteiger charge is -2.15. The van der Waals surface area contributed by atoms with Gasteiger partial charge in [0, 0.05) is 30.7 Å². The van der Waals surface area contributed by atoms with Crippen molar-refractivity contribution in [3.63, 3.8) is 0 Å². The van der Waals surface area contributed by atoms with Crippen LogP contribution in [-0.4, -0.2) is 49.7 Å². The lowest BCUT2D eigenvalue weighted by Crippen LogP contribution is -2.30. The van der Waals surface area contributed by atoms with E-state index in [2.05, 4.69) is 10.1 Å². The number of aromatic nitrogens is 3. The van der Waals surface area contributed by atoms with Crippen LogP contribution in [0.2, 0.25) is 0 Å². The molecule has 2 aromatic rings. The Kier molecular flexibility index (Phi) is 3.79. The highest BCUT2D eigenvalue weighted by Gasteiger charge is 2.37. The molecular weight excluding hydrogens is 296 g/mol. The van der Waals surface area contributed by atoms with Gasteiger partial charge in [0.1, 0.15) is 0 Å². The number of carboxylic acids is 1. The molecule has 0 unspecified atom stereocenters. The van der Waals surface area contributed by atoms with E-state index in [1.807, 2.05) is 25.5 Å². The fourth-order valence-corrected chi connectivity index (χ4v) is 3.07. The summed E-state index contributed by atoms with van der Waals surface area (Å²) in [6, 6.07) is 1.97. The molecule has 0 aromatic carbocycles. The van der Waals surface area contributed by atoms with Crippen LogP contribution in [0.1, 0.15) is 37.2 Å². The first-order valence-corrected chi connectivity index (χ1v) is 7.73. The van der Waals surface area contributed by atoms with E-state index in [0.29, 0.717) is 12.1 Å². The molecule has 1 aliphatic rings. The Hall–Kier alpha value is -2.44. The van der Waals surface area contributed by atoms with E-state index in [0.717, 1.165) is 11.0 Å². The number of likely N-dealkylation sites (tertiary alicyclic amines) is 1. The molecular formula is C16H20N4O3. The van der Waals surface area contributed by atoms with Crippen LogP contribution in [0, 0.1) is 11.8 Å². The summed E-state index contributed by atoms with van der Waals surface area (Å²) in [5.74, 6) is -1.57. The maximum absolute atomic E-state index is 12.6. The van der Waals surface area contributed by atoms with Gasteiger partial charge in [-0.05, 0) is 25.8 Å². The highest BCUT2D eigenvalue weighted by atomic mass is 16.4. The van der Waals surface area contributed by atoms with Crippen molar-refractivity contribution in [1.82, 2.24) is 19.7 Å². The first-order valence-electron chi connectivity index (χ1n) is 7.73. The van der Waals surface area contributed by atoms with E-state index in [4.69, 9.17) is 0 Å². The first kappa shape index (κ1) is 15.5. The van der Waals surface area contributed by atoms with E-state index in [1.54, 1.807) is 23.4 Å². The molecule has 3 rings (SSSR count). The first-order chi connectivity index (χ1) is 10.9. The van der Waals surface area contributed by atoms with E-state index >= 15 is 0 Å². The number of amides is 1. The van der Waals surface area contributed by atoms with Crippen molar-refractivity contribution in [3.8, 4) is 0 Å². The van der Waals surface area contributed by atoms with Gasteiger partial charge < -0.3 is 10.0 Å². The average molecular weight is 316 g/mol. The second kappa shape index (κ2) is 5.64. The van der Waals surface area contributed by atoms with Gasteiger partial charge in [-0.1, -0.05) is 6.92 Å². The van der Waals surface area contributed by atoms with Crippen molar-refractivity contribution < 1.29 is 14.7 Å². The van der Waals surface area contributed by atoms with Crippen LogP contribution in [0.3, 0.4) is 0 Å². The van der Waals surface area contributed by atoms with Gasteiger partial charge in [0.2, 0.25) is 0 Å². The Morgan fingerprint density at radius 2 is 2.04 bits per heavy atom. The molecule has 0 radical (unpaired) electrons. The summed E-state index contributed by atoms with van der Waals surface area (Å²) in [6.07, 6.45) is 3.25. The van der Waals surface area contributed by atoms with Gasteiger partial charge in [0.25, 0.3) is 5.91 Å². The summed E-state index contributed by atoms with van der Waals surface area (Å²) >= 11 is 0. The van der Waals surface area contributed by atoms with Gasteiger partial charge in [0.15, 0.2) is 5.65 Å². The van der Waals surface area contributed by atoms with Crippen molar-refractivity contribution in [1.29, 1.82) is 0 Å². The Bertz CT molecular complexity index is 768. The lowest BCUT2D eigenvalue weighted by atomic mass is 9.99. The summed E-state index contributed by atoms with van der Waals surface area (Å²) in [4.78, 5) is 29.8. The minimum Gasteiger partial charge on any atom is -0.481 e. The number of carboxylic acid groups (broad SMARTS) is 1. The molecule has 1 N–H and O–H groups in total. The Morgan fingerprint density at radius 1 is 1.30 bits per heavy atom. The number of carbonyl (C=O) groups excluding carboxylic acids is 1. The molecule has 7 nitrogen and oxygen atoms in total. The smallest absolute Gasteiger partial charge is 0.308 e. The normalized spacial score (nSPS) is 21.3. The minimum atomic E-state index is -0.848. The molecule has 2 aromatic heterocycles. The maximum atomic E-state index is 12.6. The zero-order valence-corrected chi connectivity index (χ0v) is 13.4. The molecule has 3 heterocycles. The molecule has 0 spiro atoms. The SMILES string of the molecule is CC(C)n1ncc2cc(C(=O)N3C[C@@H](C)[C@H](C(=O)O)C3)cnc21. The summed E-state index contributed by atoms with van der Waals surface area (Å²) in [7, 11) is 0. The van der Waals surface area contributed by atoms with Crippen LogP contribution in [0.15, 0.2) is 18.5 Å². The van der Waals surface area contributed by atoms with Gasteiger partial charge in [-0.3, -0.25) is 9.59 Å². The van der Waals surface area contributed by atoms with Crippen LogP contribution in [0.5, 0.6) is 0 Å². The predicted molar refractivity (Wildman–Crippen MR) is 84.1 cm³/mol. The predicted octanol–water partition coefficient (Wildman–Crippen LogP) is 1.80. The molecule has 1 fully saturated rings. The van der Waals surface area contributed by atoms with Gasteiger partial charge in [0.05, 0.1) is 17.7 Å². The second-order valence-corrected chi connectivity index (χ2v) is 6.45. The molecule has 1 saturated heterocycles. The van der Waals surface area contributed by atoms with E-state index in [-0.39, 0.29) is 24.4 Å². The number of rotatable bonds is 3. The number of fused-ring (bicyclic) bond motifs is 1. The van der Waals surface area contributed by atoms with Crippen LogP contribution < -0.4 is 0 Å². The van der Waals surface area contributed by atoms with Crippen LogP contribution >= 0.6 is 0 Å². The molecule has 2 atom stereocenters.